The summed E-state index contributed by atoms with van der Waals surface area (Å²) < 4.78 is 42.7. The minimum absolute atomic E-state index is 0.0760. The lowest BCUT2D eigenvalue weighted by molar-refractivity contribution is 0.00578. The molecule has 0 atom stereocenters. The second kappa shape index (κ2) is 6.25. The molecular formula is C17H24BNO6S. The van der Waals surface area contributed by atoms with Crippen molar-refractivity contribution in [3.05, 3.63) is 23.8 Å². The van der Waals surface area contributed by atoms with E-state index in [-0.39, 0.29) is 11.3 Å². The lowest BCUT2D eigenvalue weighted by Crippen LogP contribution is -2.41. The summed E-state index contributed by atoms with van der Waals surface area (Å²) in [5, 5.41) is 0. The lowest BCUT2D eigenvalue weighted by atomic mass is 9.78. The van der Waals surface area contributed by atoms with Crippen LogP contribution in [0.25, 0.3) is 0 Å². The average Bonchev–Trinajstić information content (AvgIpc) is 3.01. The number of anilines is 1. The molecule has 142 valence electrons. The maximum atomic E-state index is 12.3. The highest BCUT2D eigenvalue weighted by Crippen LogP contribution is 2.37. The van der Waals surface area contributed by atoms with Crippen molar-refractivity contribution in [3.8, 4) is 0 Å². The molecule has 0 radical (unpaired) electrons. The van der Waals surface area contributed by atoms with Crippen molar-refractivity contribution in [1.82, 2.24) is 0 Å². The van der Waals surface area contributed by atoms with Gasteiger partial charge in [0.25, 0.3) is 0 Å². The molecule has 1 aromatic carbocycles. The number of benzene rings is 1. The van der Waals surface area contributed by atoms with Gasteiger partial charge in [-0.3, -0.25) is 4.31 Å². The molecule has 0 amide bonds. The molecule has 2 saturated heterocycles. The van der Waals surface area contributed by atoms with Crippen LogP contribution in [0.3, 0.4) is 0 Å². The van der Waals surface area contributed by atoms with E-state index in [0.717, 1.165) is 0 Å². The molecule has 0 spiro atoms. The number of hydrogen-bond acceptors (Lipinski definition) is 6. The van der Waals surface area contributed by atoms with E-state index in [4.69, 9.17) is 14.0 Å². The van der Waals surface area contributed by atoms with Crippen LogP contribution >= 0.6 is 0 Å². The van der Waals surface area contributed by atoms with Crippen LogP contribution in [0, 0.1) is 0 Å². The first-order valence-corrected chi connectivity index (χ1v) is 10.2. The SMILES string of the molecule is COC(=O)c1cc(B2OC(C)(C)C(C)(C)O2)ccc1N1CCCS1(=O)=O. The average molecular weight is 381 g/mol. The number of sulfonamides is 1. The van der Waals surface area contributed by atoms with Gasteiger partial charge in [0.1, 0.15) is 0 Å². The first kappa shape index (κ1) is 19.2. The molecule has 26 heavy (non-hydrogen) atoms. The van der Waals surface area contributed by atoms with Crippen LogP contribution in [0.2, 0.25) is 0 Å². The molecule has 3 rings (SSSR count). The Kier molecular flexibility index (Phi) is 4.61. The van der Waals surface area contributed by atoms with Gasteiger partial charge in [0, 0.05) is 6.54 Å². The number of hydrogen-bond donors (Lipinski definition) is 0. The standard InChI is InChI=1S/C17H24BNO6S/c1-16(2)17(3,4)25-18(24-16)12-7-8-14(13(11-12)15(20)23-5)19-9-6-10-26(19,21)22/h7-8,11H,6,9-10H2,1-5H3. The van der Waals surface area contributed by atoms with E-state index in [1.165, 1.54) is 11.4 Å². The topological polar surface area (TPSA) is 82.1 Å². The molecule has 2 fully saturated rings. The molecule has 0 saturated carbocycles. The van der Waals surface area contributed by atoms with E-state index in [9.17, 15) is 13.2 Å². The third kappa shape index (κ3) is 3.12. The summed E-state index contributed by atoms with van der Waals surface area (Å²) >= 11 is 0. The summed E-state index contributed by atoms with van der Waals surface area (Å²) in [6.07, 6.45) is 0.530. The van der Waals surface area contributed by atoms with E-state index in [0.29, 0.717) is 24.1 Å². The highest BCUT2D eigenvalue weighted by atomic mass is 32.2. The Hall–Kier alpha value is -1.58. The van der Waals surface area contributed by atoms with Crippen LogP contribution in [-0.4, -0.2) is 52.1 Å². The number of esters is 1. The van der Waals surface area contributed by atoms with Crippen LogP contribution in [0.1, 0.15) is 44.5 Å². The monoisotopic (exact) mass is 381 g/mol. The molecule has 0 N–H and O–H groups in total. The van der Waals surface area contributed by atoms with E-state index < -0.39 is 34.3 Å². The fraction of sp³-hybridized carbons (Fsp3) is 0.588. The number of carbonyl (C=O) groups is 1. The van der Waals surface area contributed by atoms with Crippen LogP contribution < -0.4 is 9.77 Å². The molecular weight excluding hydrogens is 357 g/mol. The van der Waals surface area contributed by atoms with Gasteiger partial charge in [0.15, 0.2) is 0 Å². The zero-order chi connectivity index (χ0) is 19.3. The number of ether oxygens (including phenoxy) is 1. The number of nitrogens with zero attached hydrogens (tertiary/aromatic N) is 1. The van der Waals surface area contributed by atoms with Gasteiger partial charge in [-0.15, -0.1) is 0 Å². The van der Waals surface area contributed by atoms with Crippen molar-refractivity contribution >= 4 is 34.3 Å². The van der Waals surface area contributed by atoms with Gasteiger partial charge in [-0.1, -0.05) is 6.07 Å². The van der Waals surface area contributed by atoms with Crippen LogP contribution in [0.4, 0.5) is 5.69 Å². The van der Waals surface area contributed by atoms with Gasteiger partial charge in [-0.05, 0) is 51.7 Å². The summed E-state index contributed by atoms with van der Waals surface area (Å²) in [5.41, 5.74) is 0.129. The van der Waals surface area contributed by atoms with Gasteiger partial charge in [-0.25, -0.2) is 13.2 Å². The fourth-order valence-corrected chi connectivity index (χ4v) is 4.66. The maximum Gasteiger partial charge on any atom is 0.494 e. The number of methoxy groups -OCH3 is 1. The second-order valence-electron chi connectivity index (χ2n) is 7.60. The normalized spacial score (nSPS) is 23.3. The van der Waals surface area contributed by atoms with Crippen LogP contribution in [-0.2, 0) is 24.1 Å². The summed E-state index contributed by atoms with van der Waals surface area (Å²) in [4.78, 5) is 12.3. The van der Waals surface area contributed by atoms with Crippen LogP contribution in [0.5, 0.6) is 0 Å². The summed E-state index contributed by atoms with van der Waals surface area (Å²) in [6.45, 7) is 8.12. The quantitative estimate of drug-likeness (QED) is 0.580. The molecule has 2 heterocycles. The Labute approximate surface area is 154 Å². The molecule has 0 aliphatic carbocycles. The van der Waals surface area contributed by atoms with Gasteiger partial charge in [0.05, 0.1) is 35.3 Å². The Balaban J connectivity index is 2.02. The van der Waals surface area contributed by atoms with Crippen molar-refractivity contribution in [2.75, 3.05) is 23.7 Å². The molecule has 2 aliphatic rings. The predicted molar refractivity (Wildman–Crippen MR) is 99.2 cm³/mol. The first-order chi connectivity index (χ1) is 12.0. The zero-order valence-electron chi connectivity index (χ0n) is 15.7. The molecule has 0 bridgehead atoms. The Morgan fingerprint density at radius 2 is 1.81 bits per heavy atom. The molecule has 7 nitrogen and oxygen atoms in total. The van der Waals surface area contributed by atoms with Gasteiger partial charge < -0.3 is 14.0 Å². The molecule has 1 aromatic rings. The second-order valence-corrected chi connectivity index (χ2v) is 9.61. The minimum atomic E-state index is -3.41. The molecule has 9 heteroatoms. The van der Waals surface area contributed by atoms with E-state index >= 15 is 0 Å². The maximum absolute atomic E-state index is 12.3. The highest BCUT2D eigenvalue weighted by molar-refractivity contribution is 7.93. The number of rotatable bonds is 3. The Morgan fingerprint density at radius 3 is 2.31 bits per heavy atom. The Bertz CT molecular complexity index is 820. The van der Waals surface area contributed by atoms with Crippen LogP contribution in [0.15, 0.2) is 18.2 Å². The fourth-order valence-electron chi connectivity index (χ4n) is 3.08. The smallest absolute Gasteiger partial charge is 0.465 e. The van der Waals surface area contributed by atoms with E-state index in [2.05, 4.69) is 0 Å². The van der Waals surface area contributed by atoms with Gasteiger partial charge in [-0.2, -0.15) is 0 Å². The van der Waals surface area contributed by atoms with Crippen molar-refractivity contribution in [2.45, 2.75) is 45.3 Å². The summed E-state index contributed by atoms with van der Waals surface area (Å²) in [7, 11) is -2.79. The van der Waals surface area contributed by atoms with E-state index in [1.807, 2.05) is 27.7 Å². The van der Waals surface area contributed by atoms with Crippen molar-refractivity contribution in [3.63, 3.8) is 0 Å². The Morgan fingerprint density at radius 1 is 1.19 bits per heavy atom. The largest absolute Gasteiger partial charge is 0.494 e. The van der Waals surface area contributed by atoms with Gasteiger partial charge in [0.2, 0.25) is 10.0 Å². The minimum Gasteiger partial charge on any atom is -0.465 e. The van der Waals surface area contributed by atoms with Crippen molar-refractivity contribution in [1.29, 1.82) is 0 Å². The molecule has 2 aliphatic heterocycles. The lowest BCUT2D eigenvalue weighted by Gasteiger charge is -2.32. The zero-order valence-corrected chi connectivity index (χ0v) is 16.6. The summed E-state index contributed by atoms with van der Waals surface area (Å²) in [5.74, 6) is -0.521. The first-order valence-electron chi connectivity index (χ1n) is 8.57. The predicted octanol–water partition coefficient (Wildman–Crippen LogP) is 1.31. The number of carbonyl (C=O) groups excluding carboxylic acids is 1. The third-order valence-electron chi connectivity index (χ3n) is 5.32. The summed E-state index contributed by atoms with van der Waals surface area (Å²) in [6, 6.07) is 4.95. The molecule has 0 aromatic heterocycles. The van der Waals surface area contributed by atoms with E-state index in [1.54, 1.807) is 18.2 Å². The van der Waals surface area contributed by atoms with Crippen molar-refractivity contribution < 1.29 is 27.3 Å². The third-order valence-corrected chi connectivity index (χ3v) is 7.17. The van der Waals surface area contributed by atoms with Crippen molar-refractivity contribution in [2.24, 2.45) is 0 Å². The van der Waals surface area contributed by atoms with Gasteiger partial charge >= 0.3 is 13.1 Å². The highest BCUT2D eigenvalue weighted by Gasteiger charge is 2.52. The molecule has 0 unspecified atom stereocenters.